The summed E-state index contributed by atoms with van der Waals surface area (Å²) in [4.78, 5) is 39.2. The molecule has 196 valence electrons. The molecular weight excluding hydrogens is 530 g/mol. The van der Waals surface area contributed by atoms with Crippen molar-refractivity contribution in [3.05, 3.63) is 131 Å². The molecule has 4 rings (SSSR count). The van der Waals surface area contributed by atoms with Gasteiger partial charge in [-0.2, -0.15) is 0 Å². The Morgan fingerprint density at radius 2 is 1.51 bits per heavy atom. The largest absolute Gasteiger partial charge is 0.325 e. The fourth-order valence-electron chi connectivity index (χ4n) is 3.59. The lowest BCUT2D eigenvalue weighted by atomic mass is 10.1. The van der Waals surface area contributed by atoms with Crippen molar-refractivity contribution in [2.45, 2.75) is 11.8 Å². The number of aryl methyl sites for hydroxylation is 1. The van der Waals surface area contributed by atoms with Crippen LogP contribution in [0.1, 0.15) is 21.5 Å². The van der Waals surface area contributed by atoms with E-state index >= 15 is 0 Å². The van der Waals surface area contributed by atoms with Crippen LogP contribution in [-0.4, -0.2) is 23.5 Å². The van der Waals surface area contributed by atoms with Crippen LogP contribution < -0.4 is 16.0 Å². The summed E-state index contributed by atoms with van der Waals surface area (Å²) < 4.78 is 0. The van der Waals surface area contributed by atoms with Crippen LogP contribution in [0, 0.1) is 6.92 Å². The van der Waals surface area contributed by atoms with E-state index in [-0.39, 0.29) is 23.3 Å². The lowest BCUT2D eigenvalue weighted by Crippen LogP contribution is -2.30. The Morgan fingerprint density at radius 3 is 2.23 bits per heavy atom. The summed E-state index contributed by atoms with van der Waals surface area (Å²) in [7, 11) is 0. The molecule has 0 saturated heterocycles. The smallest absolute Gasteiger partial charge is 0.272 e. The van der Waals surface area contributed by atoms with Gasteiger partial charge in [-0.05, 0) is 78.7 Å². The van der Waals surface area contributed by atoms with Gasteiger partial charge in [-0.25, -0.2) is 0 Å². The Bertz CT molecular complexity index is 1510. The number of benzene rings is 4. The molecule has 4 aromatic carbocycles. The molecule has 0 heterocycles. The molecule has 0 aromatic heterocycles. The van der Waals surface area contributed by atoms with E-state index in [1.54, 1.807) is 66.7 Å². The number of hydrogen-bond acceptors (Lipinski definition) is 4. The molecule has 0 aliphatic rings. The Hall–Kier alpha value is -4.33. The van der Waals surface area contributed by atoms with Crippen LogP contribution in [0.2, 0.25) is 5.02 Å². The molecule has 0 atom stereocenters. The topological polar surface area (TPSA) is 87.3 Å². The first kappa shape index (κ1) is 27.7. The third-order valence-electron chi connectivity index (χ3n) is 5.61. The molecule has 0 aliphatic carbocycles. The molecule has 0 saturated carbocycles. The van der Waals surface area contributed by atoms with Crippen LogP contribution in [-0.2, 0) is 9.59 Å². The first-order valence-electron chi connectivity index (χ1n) is 12.1. The minimum Gasteiger partial charge on any atom is -0.325 e. The summed E-state index contributed by atoms with van der Waals surface area (Å²) in [5.74, 6) is -0.774. The predicted molar refractivity (Wildman–Crippen MR) is 159 cm³/mol. The zero-order valence-electron chi connectivity index (χ0n) is 21.1. The molecule has 0 fully saturated rings. The zero-order valence-corrected chi connectivity index (χ0v) is 22.7. The van der Waals surface area contributed by atoms with Gasteiger partial charge in [0.25, 0.3) is 11.8 Å². The Kier molecular flexibility index (Phi) is 9.56. The molecule has 8 heteroatoms. The number of anilines is 2. The second kappa shape index (κ2) is 13.5. The molecule has 39 heavy (non-hydrogen) atoms. The van der Waals surface area contributed by atoms with Gasteiger partial charge in [0, 0.05) is 26.9 Å². The fraction of sp³-hybridized carbons (Fsp3) is 0.0645. The summed E-state index contributed by atoms with van der Waals surface area (Å²) in [5, 5.41) is 8.96. The van der Waals surface area contributed by atoms with Gasteiger partial charge < -0.3 is 16.0 Å². The SMILES string of the molecule is Cc1ccccc1/C=C(\NC(=O)c1ccccc1)C(=O)Nc1ccc(SCC(=O)Nc2cccc(Cl)c2)cc1. The standard InChI is InChI=1S/C31H26ClN3O3S/c1-21-8-5-6-11-23(21)18-28(35-30(37)22-9-3-2-4-10-22)31(38)34-25-14-16-27(17-15-25)39-20-29(36)33-26-13-7-12-24(32)19-26/h2-19H,20H2,1H3,(H,33,36)(H,34,38)(H,35,37)/b28-18-. The summed E-state index contributed by atoms with van der Waals surface area (Å²) in [6, 6.07) is 30.4. The average molecular weight is 556 g/mol. The van der Waals surface area contributed by atoms with E-state index in [0.717, 1.165) is 16.0 Å². The van der Waals surface area contributed by atoms with Crippen molar-refractivity contribution < 1.29 is 14.4 Å². The molecule has 0 aliphatic heterocycles. The van der Waals surface area contributed by atoms with Crippen LogP contribution in [0.4, 0.5) is 11.4 Å². The number of halogens is 1. The lowest BCUT2D eigenvalue weighted by molar-refractivity contribution is -0.114. The summed E-state index contributed by atoms with van der Waals surface area (Å²) in [6.07, 6.45) is 1.66. The monoisotopic (exact) mass is 555 g/mol. The Labute approximate surface area is 236 Å². The highest BCUT2D eigenvalue weighted by molar-refractivity contribution is 8.00. The molecule has 4 aromatic rings. The summed E-state index contributed by atoms with van der Waals surface area (Å²) in [6.45, 7) is 1.94. The second-order valence-corrected chi connectivity index (χ2v) is 10.0. The highest BCUT2D eigenvalue weighted by Gasteiger charge is 2.15. The predicted octanol–water partition coefficient (Wildman–Crippen LogP) is 6.79. The van der Waals surface area contributed by atoms with Crippen LogP contribution in [0.3, 0.4) is 0 Å². The van der Waals surface area contributed by atoms with Crippen LogP contribution in [0.5, 0.6) is 0 Å². The molecule has 0 unspecified atom stereocenters. The number of carbonyl (C=O) groups excluding carboxylic acids is 3. The fourth-order valence-corrected chi connectivity index (χ4v) is 4.48. The average Bonchev–Trinajstić information content (AvgIpc) is 2.94. The zero-order chi connectivity index (χ0) is 27.6. The maximum absolute atomic E-state index is 13.2. The van der Waals surface area contributed by atoms with Crippen LogP contribution in [0.25, 0.3) is 6.08 Å². The van der Waals surface area contributed by atoms with E-state index in [4.69, 9.17) is 11.6 Å². The molecular formula is C31H26ClN3O3S. The van der Waals surface area contributed by atoms with Crippen molar-refractivity contribution in [1.29, 1.82) is 0 Å². The number of thioether (sulfide) groups is 1. The summed E-state index contributed by atoms with van der Waals surface area (Å²) in [5.41, 5.74) is 3.55. The van der Waals surface area contributed by atoms with E-state index in [2.05, 4.69) is 16.0 Å². The molecule has 0 spiro atoms. The van der Waals surface area contributed by atoms with E-state index < -0.39 is 5.91 Å². The third kappa shape index (κ3) is 8.33. The Morgan fingerprint density at radius 1 is 0.795 bits per heavy atom. The van der Waals surface area contributed by atoms with Gasteiger partial charge in [0.15, 0.2) is 0 Å². The third-order valence-corrected chi connectivity index (χ3v) is 6.85. The number of hydrogen-bond donors (Lipinski definition) is 3. The van der Waals surface area contributed by atoms with Gasteiger partial charge in [-0.15, -0.1) is 11.8 Å². The van der Waals surface area contributed by atoms with Crippen molar-refractivity contribution in [2.75, 3.05) is 16.4 Å². The van der Waals surface area contributed by atoms with Gasteiger partial charge in [0.05, 0.1) is 5.75 Å². The van der Waals surface area contributed by atoms with E-state index in [0.29, 0.717) is 22.0 Å². The number of amides is 3. The Balaban J connectivity index is 1.41. The highest BCUT2D eigenvalue weighted by atomic mass is 35.5. The lowest BCUT2D eigenvalue weighted by Gasteiger charge is -2.12. The van der Waals surface area contributed by atoms with Crippen LogP contribution >= 0.6 is 23.4 Å². The molecule has 6 nitrogen and oxygen atoms in total. The summed E-state index contributed by atoms with van der Waals surface area (Å²) >= 11 is 7.33. The van der Waals surface area contributed by atoms with Gasteiger partial charge in [0.1, 0.15) is 5.70 Å². The van der Waals surface area contributed by atoms with Gasteiger partial charge in [-0.1, -0.05) is 60.1 Å². The molecule has 0 radical (unpaired) electrons. The van der Waals surface area contributed by atoms with Crippen molar-refractivity contribution >= 4 is 58.5 Å². The maximum Gasteiger partial charge on any atom is 0.272 e. The number of carbonyl (C=O) groups is 3. The van der Waals surface area contributed by atoms with Gasteiger partial charge in [-0.3, -0.25) is 14.4 Å². The first-order valence-corrected chi connectivity index (χ1v) is 13.5. The maximum atomic E-state index is 13.2. The second-order valence-electron chi connectivity index (χ2n) is 8.56. The molecule has 3 amide bonds. The van der Waals surface area contributed by atoms with E-state index in [1.165, 1.54) is 11.8 Å². The number of nitrogens with one attached hydrogen (secondary N) is 3. The normalized spacial score (nSPS) is 11.0. The van der Waals surface area contributed by atoms with E-state index in [9.17, 15) is 14.4 Å². The van der Waals surface area contributed by atoms with Crippen molar-refractivity contribution in [2.24, 2.45) is 0 Å². The quantitative estimate of drug-likeness (QED) is 0.157. The minimum atomic E-state index is -0.455. The van der Waals surface area contributed by atoms with Crippen LogP contribution in [0.15, 0.2) is 114 Å². The molecule has 0 bridgehead atoms. The number of rotatable bonds is 9. The molecule has 3 N–H and O–H groups in total. The van der Waals surface area contributed by atoms with E-state index in [1.807, 2.05) is 49.4 Å². The van der Waals surface area contributed by atoms with Crippen molar-refractivity contribution in [1.82, 2.24) is 5.32 Å². The van der Waals surface area contributed by atoms with Gasteiger partial charge >= 0.3 is 0 Å². The van der Waals surface area contributed by atoms with Gasteiger partial charge in [0.2, 0.25) is 5.91 Å². The van der Waals surface area contributed by atoms with Crippen molar-refractivity contribution in [3.8, 4) is 0 Å². The first-order chi connectivity index (χ1) is 18.9. The minimum absolute atomic E-state index is 0.120. The van der Waals surface area contributed by atoms with Crippen molar-refractivity contribution in [3.63, 3.8) is 0 Å². The highest BCUT2D eigenvalue weighted by Crippen LogP contribution is 2.22.